The van der Waals surface area contributed by atoms with Crippen LogP contribution in [-0.4, -0.2) is 23.3 Å². The molecule has 3 aromatic rings. The first-order valence-corrected chi connectivity index (χ1v) is 10.1. The van der Waals surface area contributed by atoms with Crippen molar-refractivity contribution in [2.45, 2.75) is 11.9 Å². The topological polar surface area (TPSA) is 47.0 Å². The quantitative estimate of drug-likeness (QED) is 0.326. The van der Waals surface area contributed by atoms with E-state index in [1.165, 1.54) is 25.3 Å². The molecular weight excluding hydrogens is 425 g/mol. The molecule has 2 aromatic heterocycles. The molecule has 1 N–H and O–H groups in total. The van der Waals surface area contributed by atoms with Crippen LogP contribution in [0.25, 0.3) is 11.1 Å². The second kappa shape index (κ2) is 8.86. The van der Waals surface area contributed by atoms with Gasteiger partial charge in [0.1, 0.15) is 40.5 Å². The van der Waals surface area contributed by atoms with Crippen molar-refractivity contribution in [1.82, 2.24) is 9.97 Å². The van der Waals surface area contributed by atoms with Crippen molar-refractivity contribution >= 4 is 23.4 Å². The molecule has 0 unspecified atom stereocenters. The summed E-state index contributed by atoms with van der Waals surface area (Å²) in [4.78, 5) is 7.48. The lowest BCUT2D eigenvalue weighted by atomic mass is 10.0. The van der Waals surface area contributed by atoms with E-state index in [0.29, 0.717) is 11.3 Å². The normalized spacial score (nSPS) is 11.4. The Morgan fingerprint density at radius 3 is 2.47 bits per heavy atom. The third-order valence-electron chi connectivity index (χ3n) is 4.08. The summed E-state index contributed by atoms with van der Waals surface area (Å²) in [5.74, 6) is -0.737. The molecule has 0 saturated carbocycles. The monoisotopic (exact) mass is 442 g/mol. The SMILES string of the molecule is COc1cc(F)ccc1-c1cc(Nc2cc(C[SH+]C)cc(C(F)(F)F)n2)ncc1F. The summed E-state index contributed by atoms with van der Waals surface area (Å²) in [6.45, 7) is 0. The van der Waals surface area contributed by atoms with Gasteiger partial charge < -0.3 is 10.1 Å². The average Bonchev–Trinajstić information content (AvgIpc) is 2.69. The Kier molecular flexibility index (Phi) is 6.45. The van der Waals surface area contributed by atoms with Crippen molar-refractivity contribution in [2.24, 2.45) is 0 Å². The van der Waals surface area contributed by atoms with Gasteiger partial charge in [0.15, 0.2) is 0 Å². The number of nitrogens with zero attached hydrogens (tertiary/aromatic N) is 2. The van der Waals surface area contributed by atoms with E-state index >= 15 is 0 Å². The number of rotatable bonds is 6. The number of nitrogens with one attached hydrogen (secondary N) is 1. The van der Waals surface area contributed by atoms with Gasteiger partial charge in [-0.15, -0.1) is 0 Å². The third kappa shape index (κ3) is 4.99. The van der Waals surface area contributed by atoms with Gasteiger partial charge in [-0.1, -0.05) is 0 Å². The lowest BCUT2D eigenvalue weighted by Gasteiger charge is -2.13. The lowest BCUT2D eigenvalue weighted by molar-refractivity contribution is -0.141. The highest BCUT2D eigenvalue weighted by Crippen LogP contribution is 2.34. The molecule has 0 radical (unpaired) electrons. The Labute approximate surface area is 173 Å². The number of halogens is 5. The van der Waals surface area contributed by atoms with Crippen molar-refractivity contribution < 1.29 is 26.7 Å². The van der Waals surface area contributed by atoms with Gasteiger partial charge in [-0.25, -0.2) is 18.7 Å². The highest BCUT2D eigenvalue weighted by Gasteiger charge is 2.33. The summed E-state index contributed by atoms with van der Waals surface area (Å²) in [5, 5.41) is 2.69. The van der Waals surface area contributed by atoms with E-state index in [4.69, 9.17) is 4.74 Å². The van der Waals surface area contributed by atoms with Crippen molar-refractivity contribution in [3.8, 4) is 16.9 Å². The maximum atomic E-state index is 14.4. The van der Waals surface area contributed by atoms with Gasteiger partial charge in [-0.3, -0.25) is 0 Å². The van der Waals surface area contributed by atoms with Crippen LogP contribution >= 0.6 is 0 Å². The lowest BCUT2D eigenvalue weighted by Crippen LogP contribution is -2.11. The van der Waals surface area contributed by atoms with Crippen LogP contribution < -0.4 is 10.1 Å². The Morgan fingerprint density at radius 2 is 1.80 bits per heavy atom. The third-order valence-corrected chi connectivity index (χ3v) is 4.76. The molecule has 0 bridgehead atoms. The predicted molar refractivity (Wildman–Crippen MR) is 107 cm³/mol. The minimum absolute atomic E-state index is 0.0450. The summed E-state index contributed by atoms with van der Waals surface area (Å²) in [6, 6.07) is 7.37. The molecule has 0 aliphatic carbocycles. The standard InChI is InChI=1S/C20H16F5N3OS/c1-29-16-7-12(21)3-4-13(16)14-8-18(26-9-15(14)22)28-19-6-11(10-30-2)5-17(27-19)20(23,24)25/h3-9H,10H2,1-2H3,(H,26,27,28)/p+1. The van der Waals surface area contributed by atoms with E-state index in [2.05, 4.69) is 15.3 Å². The molecule has 0 fully saturated rings. The van der Waals surface area contributed by atoms with Crippen LogP contribution in [0, 0.1) is 11.6 Å². The molecule has 0 atom stereocenters. The zero-order valence-corrected chi connectivity index (χ0v) is 16.8. The minimum Gasteiger partial charge on any atom is -0.496 e. The highest BCUT2D eigenvalue weighted by molar-refractivity contribution is 7.76. The molecule has 10 heteroatoms. The van der Waals surface area contributed by atoms with E-state index < -0.39 is 23.5 Å². The van der Waals surface area contributed by atoms with Crippen LogP contribution in [0.4, 0.5) is 33.6 Å². The van der Waals surface area contributed by atoms with Crippen LogP contribution in [-0.2, 0) is 23.7 Å². The van der Waals surface area contributed by atoms with Crippen molar-refractivity contribution in [1.29, 1.82) is 0 Å². The van der Waals surface area contributed by atoms with E-state index in [0.717, 1.165) is 36.2 Å². The van der Waals surface area contributed by atoms with Gasteiger partial charge in [-0.05, 0) is 42.1 Å². The van der Waals surface area contributed by atoms with Gasteiger partial charge >= 0.3 is 6.18 Å². The predicted octanol–water partition coefficient (Wildman–Crippen LogP) is 5.14. The Hall–Kier alpha value is -2.88. The molecule has 3 rings (SSSR count). The van der Waals surface area contributed by atoms with E-state index in [9.17, 15) is 22.0 Å². The first kappa shape index (κ1) is 21.8. The fourth-order valence-electron chi connectivity index (χ4n) is 2.80. The molecule has 0 saturated heterocycles. The summed E-state index contributed by atoms with van der Waals surface area (Å²) < 4.78 is 72.5. The molecule has 0 aliphatic heterocycles. The number of benzene rings is 1. The second-order valence-electron chi connectivity index (χ2n) is 6.24. The second-order valence-corrected chi connectivity index (χ2v) is 7.19. The molecule has 1 aromatic carbocycles. The van der Waals surface area contributed by atoms with E-state index in [-0.39, 0.29) is 28.5 Å². The molecular formula is C20H17F5N3OS+. The summed E-state index contributed by atoms with van der Waals surface area (Å²) >= 11 is 0.892. The van der Waals surface area contributed by atoms with Crippen LogP contribution in [0.15, 0.2) is 42.6 Å². The van der Waals surface area contributed by atoms with Gasteiger partial charge in [0.25, 0.3) is 0 Å². The number of methoxy groups -OCH3 is 1. The number of pyridine rings is 2. The first-order chi connectivity index (χ1) is 14.2. The smallest absolute Gasteiger partial charge is 0.433 e. The molecule has 30 heavy (non-hydrogen) atoms. The number of hydrogen-bond donors (Lipinski definition) is 1. The number of ether oxygens (including phenoxy) is 1. The maximum Gasteiger partial charge on any atom is 0.433 e. The largest absolute Gasteiger partial charge is 0.496 e. The van der Waals surface area contributed by atoms with Crippen LogP contribution in [0.5, 0.6) is 5.75 Å². The van der Waals surface area contributed by atoms with Crippen molar-refractivity contribution in [2.75, 3.05) is 18.7 Å². The van der Waals surface area contributed by atoms with E-state index in [1.807, 2.05) is 6.26 Å². The van der Waals surface area contributed by atoms with Crippen molar-refractivity contribution in [3.63, 3.8) is 0 Å². The summed E-state index contributed by atoms with van der Waals surface area (Å²) in [7, 11) is 1.32. The summed E-state index contributed by atoms with van der Waals surface area (Å²) in [6.07, 6.45) is -1.87. The zero-order chi connectivity index (χ0) is 21.9. The fourth-order valence-corrected chi connectivity index (χ4v) is 3.35. The van der Waals surface area contributed by atoms with Crippen LogP contribution in [0.1, 0.15) is 11.3 Å². The number of alkyl halides is 3. The maximum absolute atomic E-state index is 14.4. The molecule has 158 valence electrons. The number of aromatic nitrogens is 2. The highest BCUT2D eigenvalue weighted by atomic mass is 32.2. The number of thiol groups is 1. The van der Waals surface area contributed by atoms with Crippen LogP contribution in [0.2, 0.25) is 0 Å². The summed E-state index contributed by atoms with van der Waals surface area (Å²) in [5.41, 5.74) is -0.270. The average molecular weight is 442 g/mol. The molecule has 0 spiro atoms. The van der Waals surface area contributed by atoms with Crippen molar-refractivity contribution in [3.05, 3.63) is 65.5 Å². The minimum atomic E-state index is -4.61. The fraction of sp³-hybridized carbons (Fsp3) is 0.200. The van der Waals surface area contributed by atoms with E-state index in [1.54, 1.807) is 0 Å². The first-order valence-electron chi connectivity index (χ1n) is 8.61. The molecule has 0 aliphatic rings. The van der Waals surface area contributed by atoms with Gasteiger partial charge in [0.2, 0.25) is 0 Å². The zero-order valence-electron chi connectivity index (χ0n) is 15.9. The van der Waals surface area contributed by atoms with Gasteiger partial charge in [0.05, 0.1) is 19.6 Å². The Bertz CT molecular complexity index is 1060. The number of anilines is 2. The van der Waals surface area contributed by atoms with Gasteiger partial charge in [0, 0.05) is 22.8 Å². The van der Waals surface area contributed by atoms with Crippen LogP contribution in [0.3, 0.4) is 0 Å². The Morgan fingerprint density at radius 1 is 1.03 bits per heavy atom. The molecule has 2 heterocycles. The van der Waals surface area contributed by atoms with Gasteiger partial charge in [-0.2, -0.15) is 13.2 Å². The number of hydrogen-bond acceptors (Lipinski definition) is 4. The Balaban J connectivity index is 2.01. The molecule has 0 amide bonds. The molecule has 4 nitrogen and oxygen atoms in total.